The van der Waals surface area contributed by atoms with Gasteiger partial charge in [0.2, 0.25) is 0 Å². The Morgan fingerprint density at radius 1 is 1.40 bits per heavy atom. The highest BCUT2D eigenvalue weighted by Crippen LogP contribution is 2.28. The van der Waals surface area contributed by atoms with Gasteiger partial charge in [-0.05, 0) is 32.8 Å². The first kappa shape index (κ1) is 11.7. The van der Waals surface area contributed by atoms with Gasteiger partial charge in [0.1, 0.15) is 6.29 Å². The first-order chi connectivity index (χ1) is 6.98. The number of hydrogen-bond donors (Lipinski definition) is 0. The Balaban J connectivity index is 3.05. The summed E-state index contributed by atoms with van der Waals surface area (Å²) in [5.74, 6) is 0. The van der Waals surface area contributed by atoms with Crippen molar-refractivity contribution < 1.29 is 4.79 Å². The number of benzene rings is 1. The van der Waals surface area contributed by atoms with Gasteiger partial charge in [-0.15, -0.1) is 6.58 Å². The van der Waals surface area contributed by atoms with Gasteiger partial charge in [-0.2, -0.15) is 0 Å². The Morgan fingerprint density at radius 2 is 1.93 bits per heavy atom. The molecule has 0 aliphatic carbocycles. The lowest BCUT2D eigenvalue weighted by Gasteiger charge is -2.23. The van der Waals surface area contributed by atoms with Crippen LogP contribution in [-0.4, -0.2) is 6.29 Å². The van der Waals surface area contributed by atoms with Crippen molar-refractivity contribution in [2.75, 3.05) is 0 Å². The summed E-state index contributed by atoms with van der Waals surface area (Å²) in [6.07, 6.45) is 1.73. The molecule has 0 fully saturated rings. The minimum Gasteiger partial charge on any atom is -0.302 e. The third-order valence-electron chi connectivity index (χ3n) is 2.64. The summed E-state index contributed by atoms with van der Waals surface area (Å²) < 4.78 is 0. The molecule has 1 unspecified atom stereocenters. The number of hydrogen-bond acceptors (Lipinski definition) is 1. The van der Waals surface area contributed by atoms with Crippen molar-refractivity contribution in [3.05, 3.63) is 47.5 Å². The second kappa shape index (κ2) is 4.43. The van der Waals surface area contributed by atoms with Crippen molar-refractivity contribution in [3.8, 4) is 0 Å². The number of carbonyl (C=O) groups excluding carboxylic acids is 1. The Labute approximate surface area is 91.8 Å². The van der Waals surface area contributed by atoms with Crippen LogP contribution < -0.4 is 0 Å². The van der Waals surface area contributed by atoms with Crippen molar-refractivity contribution in [2.45, 2.75) is 32.6 Å². The van der Waals surface area contributed by atoms with Gasteiger partial charge < -0.3 is 4.79 Å². The summed E-state index contributed by atoms with van der Waals surface area (Å²) >= 11 is 0. The van der Waals surface area contributed by atoms with Crippen LogP contribution in [-0.2, 0) is 10.2 Å². The molecule has 0 saturated carbocycles. The van der Waals surface area contributed by atoms with E-state index in [0.717, 1.165) is 17.4 Å². The van der Waals surface area contributed by atoms with Gasteiger partial charge in [-0.1, -0.05) is 35.4 Å². The molecule has 0 aromatic heterocycles. The molecule has 1 heteroatoms. The number of carbonyl (C=O) groups is 1. The second-order valence-electron chi connectivity index (χ2n) is 4.54. The Morgan fingerprint density at radius 3 is 2.33 bits per heavy atom. The van der Waals surface area contributed by atoms with E-state index in [4.69, 9.17) is 0 Å². The van der Waals surface area contributed by atoms with Crippen LogP contribution in [0.4, 0.5) is 0 Å². The molecule has 0 saturated heterocycles. The van der Waals surface area contributed by atoms with Gasteiger partial charge in [0, 0.05) is 0 Å². The van der Waals surface area contributed by atoms with E-state index >= 15 is 0 Å². The highest BCUT2D eigenvalue weighted by Gasteiger charge is 2.25. The molecule has 0 aliphatic heterocycles. The highest BCUT2D eigenvalue weighted by atomic mass is 16.1. The zero-order valence-electron chi connectivity index (χ0n) is 9.71. The first-order valence-electron chi connectivity index (χ1n) is 5.16. The van der Waals surface area contributed by atoms with Crippen molar-refractivity contribution >= 4 is 6.29 Å². The molecular formula is C14H18O. The fourth-order valence-corrected chi connectivity index (χ4v) is 1.77. The number of rotatable bonds is 4. The molecule has 15 heavy (non-hydrogen) atoms. The summed E-state index contributed by atoms with van der Waals surface area (Å²) in [5, 5.41) is 0. The molecule has 0 N–H and O–H groups in total. The molecule has 0 aliphatic rings. The summed E-state index contributed by atoms with van der Waals surface area (Å²) in [6.45, 7) is 9.83. The average Bonchev–Trinajstić information content (AvgIpc) is 2.17. The van der Waals surface area contributed by atoms with Crippen LogP contribution in [0.25, 0.3) is 0 Å². The Bertz CT molecular complexity index is 361. The van der Waals surface area contributed by atoms with Gasteiger partial charge in [0.05, 0.1) is 5.41 Å². The van der Waals surface area contributed by atoms with E-state index in [0.29, 0.717) is 6.42 Å². The van der Waals surface area contributed by atoms with E-state index in [1.54, 1.807) is 0 Å². The van der Waals surface area contributed by atoms with Gasteiger partial charge in [0.15, 0.2) is 0 Å². The molecule has 0 spiro atoms. The molecule has 0 heterocycles. The molecule has 1 atom stereocenters. The number of aryl methyl sites for hydroxylation is 1. The maximum atomic E-state index is 11.2. The summed E-state index contributed by atoms with van der Waals surface area (Å²) in [7, 11) is 0. The minimum absolute atomic E-state index is 0.431. The maximum Gasteiger partial charge on any atom is 0.130 e. The third-order valence-corrected chi connectivity index (χ3v) is 2.64. The highest BCUT2D eigenvalue weighted by molar-refractivity contribution is 5.68. The Kier molecular flexibility index (Phi) is 3.46. The monoisotopic (exact) mass is 202 g/mol. The standard InChI is InChI=1S/C14H18O/c1-11(2)9-14(4,10-15)13-7-5-12(3)6-8-13/h5-8,10H,1,9H2,2-4H3. The van der Waals surface area contributed by atoms with Gasteiger partial charge in [-0.25, -0.2) is 0 Å². The SMILES string of the molecule is C=C(C)CC(C)(C=O)c1ccc(C)cc1. The van der Waals surface area contributed by atoms with E-state index in [9.17, 15) is 4.79 Å². The van der Waals surface area contributed by atoms with Crippen molar-refractivity contribution in [1.82, 2.24) is 0 Å². The Hall–Kier alpha value is -1.37. The molecule has 1 nitrogen and oxygen atoms in total. The predicted octanol–water partition coefficient (Wildman–Crippen LogP) is 3.42. The van der Waals surface area contributed by atoms with Crippen LogP contribution >= 0.6 is 0 Å². The molecule has 0 radical (unpaired) electrons. The third kappa shape index (κ3) is 2.79. The van der Waals surface area contributed by atoms with Crippen LogP contribution in [0.3, 0.4) is 0 Å². The average molecular weight is 202 g/mol. The fourth-order valence-electron chi connectivity index (χ4n) is 1.77. The van der Waals surface area contributed by atoms with E-state index in [1.165, 1.54) is 5.56 Å². The van der Waals surface area contributed by atoms with Crippen molar-refractivity contribution in [3.63, 3.8) is 0 Å². The molecule has 1 aromatic carbocycles. The first-order valence-corrected chi connectivity index (χ1v) is 5.16. The van der Waals surface area contributed by atoms with E-state index < -0.39 is 5.41 Å². The topological polar surface area (TPSA) is 17.1 Å². The van der Waals surface area contributed by atoms with E-state index in [-0.39, 0.29) is 0 Å². The fraction of sp³-hybridized carbons (Fsp3) is 0.357. The van der Waals surface area contributed by atoms with Crippen LogP contribution in [0.15, 0.2) is 36.4 Å². The lowest BCUT2D eigenvalue weighted by molar-refractivity contribution is -0.112. The molecule has 80 valence electrons. The number of aldehydes is 1. The minimum atomic E-state index is -0.431. The van der Waals surface area contributed by atoms with Gasteiger partial charge >= 0.3 is 0 Å². The molecule has 1 aromatic rings. The smallest absolute Gasteiger partial charge is 0.130 e. The zero-order valence-corrected chi connectivity index (χ0v) is 9.71. The van der Waals surface area contributed by atoms with Crippen LogP contribution in [0.1, 0.15) is 31.4 Å². The zero-order chi connectivity index (χ0) is 11.5. The summed E-state index contributed by atoms with van der Waals surface area (Å²) in [6, 6.07) is 8.12. The van der Waals surface area contributed by atoms with Gasteiger partial charge in [-0.3, -0.25) is 0 Å². The second-order valence-corrected chi connectivity index (χ2v) is 4.54. The van der Waals surface area contributed by atoms with E-state index in [1.807, 2.05) is 45.0 Å². The maximum absolute atomic E-state index is 11.2. The van der Waals surface area contributed by atoms with E-state index in [2.05, 4.69) is 6.58 Å². The lowest BCUT2D eigenvalue weighted by atomic mass is 9.79. The predicted molar refractivity (Wildman–Crippen MR) is 64.0 cm³/mol. The van der Waals surface area contributed by atoms with Crippen LogP contribution in [0.5, 0.6) is 0 Å². The van der Waals surface area contributed by atoms with Crippen molar-refractivity contribution in [1.29, 1.82) is 0 Å². The lowest BCUT2D eigenvalue weighted by Crippen LogP contribution is -2.23. The normalized spacial score (nSPS) is 14.3. The largest absolute Gasteiger partial charge is 0.302 e. The van der Waals surface area contributed by atoms with Crippen LogP contribution in [0, 0.1) is 6.92 Å². The molecule has 0 amide bonds. The van der Waals surface area contributed by atoms with Crippen molar-refractivity contribution in [2.24, 2.45) is 0 Å². The molecule has 0 bridgehead atoms. The summed E-state index contributed by atoms with van der Waals surface area (Å²) in [4.78, 5) is 11.2. The number of allylic oxidation sites excluding steroid dienone is 1. The van der Waals surface area contributed by atoms with Gasteiger partial charge in [0.25, 0.3) is 0 Å². The summed E-state index contributed by atoms with van der Waals surface area (Å²) in [5.41, 5.74) is 2.87. The molecular weight excluding hydrogens is 184 g/mol. The van der Waals surface area contributed by atoms with Crippen LogP contribution in [0.2, 0.25) is 0 Å². The quantitative estimate of drug-likeness (QED) is 0.540. The molecule has 1 rings (SSSR count).